The average Bonchev–Trinajstić information content (AvgIpc) is 2.69. The Balaban J connectivity index is 2.36. The van der Waals surface area contributed by atoms with E-state index in [2.05, 4.69) is 21.2 Å². The summed E-state index contributed by atoms with van der Waals surface area (Å²) < 4.78 is 26.6. The normalized spacial score (nSPS) is 12.2. The lowest BCUT2D eigenvalue weighted by Gasteiger charge is -2.31. The van der Waals surface area contributed by atoms with Gasteiger partial charge >= 0.3 is 0 Å². The summed E-state index contributed by atoms with van der Waals surface area (Å²) in [5, 5.41) is 2.98. The molecule has 0 aromatic heterocycles. The molecule has 7 nitrogen and oxygen atoms in total. The summed E-state index contributed by atoms with van der Waals surface area (Å²) in [6.45, 7) is 1.29. The van der Waals surface area contributed by atoms with E-state index in [1.165, 1.54) is 24.1 Å². The number of carbonyl (C=O) groups excluding carboxylic acids is 2. The van der Waals surface area contributed by atoms with E-state index >= 15 is 0 Å². The minimum Gasteiger partial charge on any atom is -0.357 e. The van der Waals surface area contributed by atoms with Gasteiger partial charge in [-0.2, -0.15) is 0 Å². The van der Waals surface area contributed by atoms with Gasteiger partial charge in [-0.05, 0) is 48.9 Å². The summed E-state index contributed by atoms with van der Waals surface area (Å²) in [7, 11) is -2.27. The number of hydrogen-bond donors (Lipinski definition) is 1. The molecule has 0 aliphatic rings. The Labute approximate surface area is 190 Å². The number of hydrogen-bond acceptors (Lipinski definition) is 4. The van der Waals surface area contributed by atoms with E-state index in [1.807, 2.05) is 24.3 Å². The first-order chi connectivity index (χ1) is 14.0. The largest absolute Gasteiger partial charge is 0.357 e. The number of nitrogens with zero attached hydrogens (tertiary/aromatic N) is 2. The summed E-state index contributed by atoms with van der Waals surface area (Å²) in [4.78, 5) is 26.8. The highest BCUT2D eigenvalue weighted by Gasteiger charge is 2.29. The molecule has 2 aromatic rings. The van der Waals surface area contributed by atoms with Crippen molar-refractivity contribution in [2.75, 3.05) is 24.2 Å². The van der Waals surface area contributed by atoms with E-state index in [9.17, 15) is 18.0 Å². The van der Waals surface area contributed by atoms with Crippen LogP contribution in [0.2, 0.25) is 5.02 Å². The second kappa shape index (κ2) is 10.3. The molecule has 2 aromatic carbocycles. The molecule has 0 aliphatic carbocycles. The lowest BCUT2D eigenvalue weighted by atomic mass is 10.1. The van der Waals surface area contributed by atoms with Crippen LogP contribution in [0.1, 0.15) is 12.5 Å². The van der Waals surface area contributed by atoms with Crippen LogP contribution in [0, 0.1) is 0 Å². The van der Waals surface area contributed by atoms with Crippen LogP contribution in [0.25, 0.3) is 0 Å². The molecule has 1 N–H and O–H groups in total. The molecule has 30 heavy (non-hydrogen) atoms. The molecule has 0 aliphatic heterocycles. The number of benzene rings is 2. The van der Waals surface area contributed by atoms with E-state index < -0.39 is 28.5 Å². The molecule has 162 valence electrons. The lowest BCUT2D eigenvalue weighted by molar-refractivity contribution is -0.139. The van der Waals surface area contributed by atoms with Crippen LogP contribution in [-0.4, -0.2) is 51.0 Å². The topological polar surface area (TPSA) is 86.8 Å². The van der Waals surface area contributed by atoms with Gasteiger partial charge in [-0.25, -0.2) is 8.42 Å². The number of anilines is 1. The summed E-state index contributed by atoms with van der Waals surface area (Å²) >= 11 is 9.28. The van der Waals surface area contributed by atoms with Crippen LogP contribution in [0.4, 0.5) is 5.69 Å². The first-order valence-electron chi connectivity index (χ1n) is 9.01. The molecule has 0 saturated heterocycles. The standard InChI is InChI=1S/C20H23BrClN3O4S/c1-14(20(27)23-2)24(12-15-5-4-6-16(21)11-15)19(26)13-25(30(3,28)29)18-9-7-17(22)8-10-18/h4-11,14H,12-13H2,1-3H3,(H,23,27)/t14-/m1/s1. The molecule has 0 radical (unpaired) electrons. The highest BCUT2D eigenvalue weighted by molar-refractivity contribution is 9.10. The average molecular weight is 517 g/mol. The highest BCUT2D eigenvalue weighted by atomic mass is 79.9. The molecule has 0 fully saturated rings. The molecule has 0 bridgehead atoms. The van der Waals surface area contributed by atoms with Gasteiger partial charge in [0, 0.05) is 23.1 Å². The predicted molar refractivity (Wildman–Crippen MR) is 122 cm³/mol. The summed E-state index contributed by atoms with van der Waals surface area (Å²) in [6, 6.07) is 12.7. The SMILES string of the molecule is CNC(=O)[C@@H](C)N(Cc1cccc(Br)c1)C(=O)CN(c1ccc(Cl)cc1)S(C)(=O)=O. The van der Waals surface area contributed by atoms with E-state index in [0.29, 0.717) is 10.7 Å². The Morgan fingerprint density at radius 3 is 2.33 bits per heavy atom. The van der Waals surface area contributed by atoms with Crippen molar-refractivity contribution in [2.45, 2.75) is 19.5 Å². The molecule has 1 atom stereocenters. The Morgan fingerprint density at radius 2 is 1.80 bits per heavy atom. The highest BCUT2D eigenvalue weighted by Crippen LogP contribution is 2.22. The molecule has 0 unspecified atom stereocenters. The zero-order valence-electron chi connectivity index (χ0n) is 16.8. The Morgan fingerprint density at radius 1 is 1.17 bits per heavy atom. The van der Waals surface area contributed by atoms with E-state index in [0.717, 1.165) is 20.6 Å². The van der Waals surface area contributed by atoms with Crippen molar-refractivity contribution in [1.82, 2.24) is 10.2 Å². The van der Waals surface area contributed by atoms with Gasteiger partial charge in [0.15, 0.2) is 0 Å². The van der Waals surface area contributed by atoms with Crippen molar-refractivity contribution in [3.05, 3.63) is 63.6 Å². The van der Waals surface area contributed by atoms with Crippen molar-refractivity contribution in [3.8, 4) is 0 Å². The van der Waals surface area contributed by atoms with Crippen molar-refractivity contribution in [3.63, 3.8) is 0 Å². The summed E-state index contributed by atoms with van der Waals surface area (Å²) in [5.74, 6) is -0.859. The van der Waals surface area contributed by atoms with Crippen molar-refractivity contribution >= 4 is 55.1 Å². The molecule has 2 rings (SSSR count). The first-order valence-corrected chi connectivity index (χ1v) is 12.0. The molecule has 2 amide bonds. The van der Waals surface area contributed by atoms with Gasteiger partial charge in [-0.15, -0.1) is 0 Å². The molecular weight excluding hydrogens is 494 g/mol. The van der Waals surface area contributed by atoms with Gasteiger partial charge in [-0.3, -0.25) is 13.9 Å². The third-order valence-electron chi connectivity index (χ3n) is 4.45. The Kier molecular flexibility index (Phi) is 8.28. The smallest absolute Gasteiger partial charge is 0.244 e. The first kappa shape index (κ1) is 24.2. The van der Waals surface area contributed by atoms with Crippen LogP contribution in [0.3, 0.4) is 0 Å². The zero-order valence-corrected chi connectivity index (χ0v) is 20.0. The lowest BCUT2D eigenvalue weighted by Crippen LogP contribution is -2.50. The number of nitrogens with one attached hydrogen (secondary N) is 1. The van der Waals surface area contributed by atoms with Gasteiger partial charge in [0.25, 0.3) is 0 Å². The Hall–Kier alpha value is -2.10. The van der Waals surface area contributed by atoms with Crippen LogP contribution >= 0.6 is 27.5 Å². The van der Waals surface area contributed by atoms with E-state index in [1.54, 1.807) is 19.1 Å². The van der Waals surface area contributed by atoms with Crippen molar-refractivity contribution < 1.29 is 18.0 Å². The quantitative estimate of drug-likeness (QED) is 0.584. The maximum Gasteiger partial charge on any atom is 0.244 e. The maximum atomic E-state index is 13.2. The van der Waals surface area contributed by atoms with Crippen molar-refractivity contribution in [1.29, 1.82) is 0 Å². The minimum absolute atomic E-state index is 0.144. The van der Waals surface area contributed by atoms with Gasteiger partial charge < -0.3 is 10.2 Å². The van der Waals surface area contributed by atoms with Gasteiger partial charge in [0.1, 0.15) is 12.6 Å². The predicted octanol–water partition coefficient (Wildman–Crippen LogP) is 3.03. The summed E-state index contributed by atoms with van der Waals surface area (Å²) in [6.07, 6.45) is 1.02. The number of sulfonamides is 1. The van der Waals surface area contributed by atoms with Crippen molar-refractivity contribution in [2.24, 2.45) is 0 Å². The van der Waals surface area contributed by atoms with Crippen LogP contribution in [-0.2, 0) is 26.2 Å². The molecule has 0 saturated carbocycles. The van der Waals surface area contributed by atoms with Gasteiger partial charge in [-0.1, -0.05) is 39.7 Å². The number of halogens is 2. The Bertz CT molecular complexity index is 1010. The third-order valence-corrected chi connectivity index (χ3v) is 6.34. The monoisotopic (exact) mass is 515 g/mol. The molecule has 10 heteroatoms. The molecule has 0 spiro atoms. The van der Waals surface area contributed by atoms with Gasteiger partial charge in [0.05, 0.1) is 11.9 Å². The van der Waals surface area contributed by atoms with Crippen LogP contribution < -0.4 is 9.62 Å². The molecule has 0 heterocycles. The van der Waals surface area contributed by atoms with E-state index in [4.69, 9.17) is 11.6 Å². The maximum absolute atomic E-state index is 13.2. The number of likely N-dealkylation sites (N-methyl/N-ethyl adjacent to an activating group) is 1. The number of amides is 2. The number of carbonyl (C=O) groups is 2. The third kappa shape index (κ3) is 6.45. The second-order valence-corrected chi connectivity index (χ2v) is 9.95. The number of rotatable bonds is 8. The van der Waals surface area contributed by atoms with E-state index in [-0.39, 0.29) is 12.5 Å². The second-order valence-electron chi connectivity index (χ2n) is 6.69. The zero-order chi connectivity index (χ0) is 22.5. The van der Waals surface area contributed by atoms with Gasteiger partial charge in [0.2, 0.25) is 21.8 Å². The minimum atomic E-state index is -3.76. The fraction of sp³-hybridized carbons (Fsp3) is 0.300. The fourth-order valence-electron chi connectivity index (χ4n) is 2.84. The van der Waals surface area contributed by atoms with Crippen LogP contribution in [0.5, 0.6) is 0 Å². The fourth-order valence-corrected chi connectivity index (χ4v) is 4.27. The van der Waals surface area contributed by atoms with Crippen LogP contribution in [0.15, 0.2) is 53.0 Å². The summed E-state index contributed by atoms with van der Waals surface area (Å²) in [5.41, 5.74) is 1.11. The molecular formula is C20H23BrClN3O4S.